The molecule has 26 heavy (non-hydrogen) atoms. The quantitative estimate of drug-likeness (QED) is 0.571. The summed E-state index contributed by atoms with van der Waals surface area (Å²) < 4.78 is 27.4. The van der Waals surface area contributed by atoms with Gasteiger partial charge < -0.3 is 4.90 Å². The third-order valence-corrected chi connectivity index (χ3v) is 7.85. The average molecular weight is 400 g/mol. The van der Waals surface area contributed by atoms with E-state index in [2.05, 4.69) is 0 Å². The molecule has 0 bridgehead atoms. The van der Waals surface area contributed by atoms with E-state index < -0.39 is 14.9 Å². The Labute approximate surface area is 158 Å². The molecule has 3 rings (SSSR count). The molecule has 2 aliphatic heterocycles. The van der Waals surface area contributed by atoms with Crippen molar-refractivity contribution >= 4 is 33.2 Å². The van der Waals surface area contributed by atoms with Gasteiger partial charge in [0.1, 0.15) is 5.69 Å². The standard InChI is InChI=1S/C17H25N3O4S2/c21-20(22)17-14-15(26(23,24)19-9-3-1-2-4-10-19)6-7-16(17)18-8-5-12-25-13-11-18/h6-7,14H,1-5,8-13H2. The van der Waals surface area contributed by atoms with E-state index in [1.807, 2.05) is 16.7 Å². The van der Waals surface area contributed by atoms with Gasteiger partial charge in [-0.2, -0.15) is 16.1 Å². The number of nitrogens with zero attached hydrogens (tertiary/aromatic N) is 3. The average Bonchev–Trinajstić information content (AvgIpc) is 3.06. The highest BCUT2D eigenvalue weighted by Gasteiger charge is 2.29. The fourth-order valence-corrected chi connectivity index (χ4v) is 5.92. The van der Waals surface area contributed by atoms with Crippen molar-refractivity contribution in [1.82, 2.24) is 4.31 Å². The van der Waals surface area contributed by atoms with Crippen LogP contribution in [0.2, 0.25) is 0 Å². The number of anilines is 1. The van der Waals surface area contributed by atoms with Gasteiger partial charge in [0.05, 0.1) is 9.82 Å². The lowest BCUT2D eigenvalue weighted by Crippen LogP contribution is -2.32. The minimum Gasteiger partial charge on any atom is -0.365 e. The third kappa shape index (κ3) is 4.32. The van der Waals surface area contributed by atoms with E-state index in [4.69, 9.17) is 0 Å². The summed E-state index contributed by atoms with van der Waals surface area (Å²) in [5, 5.41) is 11.6. The van der Waals surface area contributed by atoms with Crippen LogP contribution in [0.1, 0.15) is 32.1 Å². The molecular formula is C17H25N3O4S2. The molecule has 0 spiro atoms. The Balaban J connectivity index is 1.93. The molecule has 0 aromatic heterocycles. The van der Waals surface area contributed by atoms with Gasteiger partial charge in [0.2, 0.25) is 10.0 Å². The summed E-state index contributed by atoms with van der Waals surface area (Å²) in [6.07, 6.45) is 4.70. The van der Waals surface area contributed by atoms with Gasteiger partial charge in [0.15, 0.2) is 0 Å². The molecule has 2 aliphatic rings. The van der Waals surface area contributed by atoms with Crippen LogP contribution in [-0.2, 0) is 10.0 Å². The van der Waals surface area contributed by atoms with Crippen molar-refractivity contribution in [3.05, 3.63) is 28.3 Å². The second kappa shape index (κ2) is 8.58. The van der Waals surface area contributed by atoms with Gasteiger partial charge in [-0.25, -0.2) is 8.42 Å². The highest BCUT2D eigenvalue weighted by Crippen LogP contribution is 2.33. The number of benzene rings is 1. The first kappa shape index (κ1) is 19.4. The molecule has 1 aromatic carbocycles. The predicted molar refractivity (Wildman–Crippen MR) is 104 cm³/mol. The number of nitro benzene ring substituents is 1. The Kier molecular flexibility index (Phi) is 6.42. The van der Waals surface area contributed by atoms with Gasteiger partial charge in [-0.3, -0.25) is 10.1 Å². The van der Waals surface area contributed by atoms with Gasteiger partial charge in [-0.15, -0.1) is 0 Å². The summed E-state index contributed by atoms with van der Waals surface area (Å²) >= 11 is 1.84. The number of hydrogen-bond acceptors (Lipinski definition) is 6. The highest BCUT2D eigenvalue weighted by atomic mass is 32.2. The van der Waals surface area contributed by atoms with E-state index in [0.717, 1.165) is 56.7 Å². The van der Waals surface area contributed by atoms with Crippen molar-refractivity contribution in [2.45, 2.75) is 37.0 Å². The van der Waals surface area contributed by atoms with Crippen LogP contribution in [0, 0.1) is 10.1 Å². The zero-order valence-electron chi connectivity index (χ0n) is 14.8. The highest BCUT2D eigenvalue weighted by molar-refractivity contribution is 7.99. The van der Waals surface area contributed by atoms with Gasteiger partial charge >= 0.3 is 0 Å². The second-order valence-corrected chi connectivity index (χ2v) is 9.84. The molecule has 0 amide bonds. The molecule has 0 aliphatic carbocycles. The molecule has 0 radical (unpaired) electrons. The van der Waals surface area contributed by atoms with Crippen LogP contribution in [-0.4, -0.2) is 55.3 Å². The van der Waals surface area contributed by atoms with Crippen molar-refractivity contribution in [2.75, 3.05) is 42.6 Å². The summed E-state index contributed by atoms with van der Waals surface area (Å²) in [5.74, 6) is 1.97. The van der Waals surface area contributed by atoms with Gasteiger partial charge in [-0.05, 0) is 37.1 Å². The van der Waals surface area contributed by atoms with E-state index >= 15 is 0 Å². The zero-order valence-corrected chi connectivity index (χ0v) is 16.4. The third-order valence-electron chi connectivity index (χ3n) is 4.91. The number of nitro groups is 1. The fraction of sp³-hybridized carbons (Fsp3) is 0.647. The van der Waals surface area contributed by atoms with Crippen LogP contribution in [0.5, 0.6) is 0 Å². The zero-order chi connectivity index (χ0) is 18.6. The van der Waals surface area contributed by atoms with Crippen molar-refractivity contribution < 1.29 is 13.3 Å². The van der Waals surface area contributed by atoms with E-state index in [0.29, 0.717) is 18.8 Å². The Morgan fingerprint density at radius 1 is 0.962 bits per heavy atom. The summed E-state index contributed by atoms with van der Waals surface area (Å²) in [6.45, 7) is 2.47. The minimum absolute atomic E-state index is 0.0269. The van der Waals surface area contributed by atoms with Crippen LogP contribution in [0.3, 0.4) is 0 Å². The molecule has 144 valence electrons. The summed E-state index contributed by atoms with van der Waals surface area (Å²) in [4.78, 5) is 13.2. The molecule has 2 saturated heterocycles. The molecule has 9 heteroatoms. The first-order valence-electron chi connectivity index (χ1n) is 9.11. The van der Waals surface area contributed by atoms with E-state index in [9.17, 15) is 18.5 Å². The molecule has 2 fully saturated rings. The van der Waals surface area contributed by atoms with E-state index in [-0.39, 0.29) is 10.6 Å². The fourth-order valence-electron chi connectivity index (χ4n) is 3.50. The first-order valence-corrected chi connectivity index (χ1v) is 11.7. The van der Waals surface area contributed by atoms with Gasteiger partial charge in [0.25, 0.3) is 5.69 Å². The Bertz CT molecular complexity index is 738. The largest absolute Gasteiger partial charge is 0.365 e. The lowest BCUT2D eigenvalue weighted by molar-refractivity contribution is -0.384. The van der Waals surface area contributed by atoms with Crippen LogP contribution < -0.4 is 4.90 Å². The molecule has 2 heterocycles. The van der Waals surface area contributed by atoms with Gasteiger partial charge in [0, 0.05) is 38.0 Å². The molecule has 0 saturated carbocycles. The topological polar surface area (TPSA) is 83.8 Å². The van der Waals surface area contributed by atoms with Crippen molar-refractivity contribution in [3.8, 4) is 0 Å². The molecule has 0 N–H and O–H groups in total. The number of sulfonamides is 1. The summed E-state index contributed by atoms with van der Waals surface area (Å²) in [6, 6.07) is 4.38. The normalized spacial score (nSPS) is 20.4. The molecule has 0 unspecified atom stereocenters. The Morgan fingerprint density at radius 3 is 2.38 bits per heavy atom. The monoisotopic (exact) mass is 399 g/mol. The number of rotatable bonds is 4. The molecular weight excluding hydrogens is 374 g/mol. The Hall–Kier alpha value is -1.32. The molecule has 1 aromatic rings. The smallest absolute Gasteiger partial charge is 0.293 e. The maximum atomic E-state index is 12.9. The first-order chi connectivity index (χ1) is 12.5. The van der Waals surface area contributed by atoms with Crippen LogP contribution in [0.15, 0.2) is 23.1 Å². The van der Waals surface area contributed by atoms with Crippen LogP contribution >= 0.6 is 11.8 Å². The van der Waals surface area contributed by atoms with Crippen molar-refractivity contribution in [3.63, 3.8) is 0 Å². The number of thioether (sulfide) groups is 1. The van der Waals surface area contributed by atoms with Gasteiger partial charge in [-0.1, -0.05) is 12.8 Å². The lowest BCUT2D eigenvalue weighted by Gasteiger charge is -2.23. The molecule has 0 atom stereocenters. The predicted octanol–water partition coefficient (Wildman–Crippen LogP) is 3.10. The lowest BCUT2D eigenvalue weighted by atomic mass is 10.2. The van der Waals surface area contributed by atoms with Crippen molar-refractivity contribution in [1.29, 1.82) is 0 Å². The Morgan fingerprint density at radius 2 is 1.69 bits per heavy atom. The maximum Gasteiger partial charge on any atom is 0.293 e. The minimum atomic E-state index is -3.69. The summed E-state index contributed by atoms with van der Waals surface area (Å²) in [7, 11) is -3.69. The van der Waals surface area contributed by atoms with E-state index in [1.54, 1.807) is 6.07 Å². The van der Waals surface area contributed by atoms with Crippen molar-refractivity contribution in [2.24, 2.45) is 0 Å². The summed E-state index contributed by atoms with van der Waals surface area (Å²) in [5.41, 5.74) is 0.403. The maximum absolute atomic E-state index is 12.9. The second-order valence-electron chi connectivity index (χ2n) is 6.68. The van der Waals surface area contributed by atoms with E-state index in [1.165, 1.54) is 16.4 Å². The molecule has 7 nitrogen and oxygen atoms in total. The SMILES string of the molecule is O=[N+]([O-])c1cc(S(=O)(=O)N2CCCCCC2)ccc1N1CCCSCC1. The van der Waals surface area contributed by atoms with Crippen LogP contribution in [0.25, 0.3) is 0 Å². The van der Waals surface area contributed by atoms with Crippen LogP contribution in [0.4, 0.5) is 11.4 Å². The number of hydrogen-bond donors (Lipinski definition) is 0.